The summed E-state index contributed by atoms with van der Waals surface area (Å²) in [7, 11) is 1.51. The molecule has 1 aromatic carbocycles. The van der Waals surface area contributed by atoms with Gasteiger partial charge >= 0.3 is 12.2 Å². The van der Waals surface area contributed by atoms with Gasteiger partial charge in [0.05, 0.1) is 12.6 Å². The molecule has 7 heteroatoms. The Morgan fingerprint density at radius 2 is 1.88 bits per heavy atom. The highest BCUT2D eigenvalue weighted by atomic mass is 16.6. The van der Waals surface area contributed by atoms with Gasteiger partial charge in [-0.1, -0.05) is 30.3 Å². The Balaban J connectivity index is 2.41. The fourth-order valence-electron chi connectivity index (χ4n) is 1.78. The number of ether oxygens (including phenoxy) is 2. The van der Waals surface area contributed by atoms with E-state index in [1.165, 1.54) is 11.9 Å². The second-order valence-electron chi connectivity index (χ2n) is 6.37. The van der Waals surface area contributed by atoms with Crippen LogP contribution in [0.5, 0.6) is 0 Å². The molecule has 2 N–H and O–H groups in total. The summed E-state index contributed by atoms with van der Waals surface area (Å²) in [6, 6.07) is 8.67. The highest BCUT2D eigenvalue weighted by molar-refractivity contribution is 5.69. The van der Waals surface area contributed by atoms with Gasteiger partial charge in [-0.3, -0.25) is 0 Å². The average molecular weight is 338 g/mol. The molecule has 0 aliphatic carbocycles. The zero-order valence-corrected chi connectivity index (χ0v) is 14.6. The van der Waals surface area contributed by atoms with Gasteiger partial charge < -0.3 is 24.8 Å². The van der Waals surface area contributed by atoms with E-state index in [-0.39, 0.29) is 19.8 Å². The van der Waals surface area contributed by atoms with Crippen molar-refractivity contribution in [3.8, 4) is 0 Å². The van der Waals surface area contributed by atoms with Crippen molar-refractivity contribution < 1.29 is 24.2 Å². The van der Waals surface area contributed by atoms with Crippen LogP contribution in [0.15, 0.2) is 30.3 Å². The first-order valence-corrected chi connectivity index (χ1v) is 7.74. The number of carbonyl (C=O) groups is 2. The minimum absolute atomic E-state index is 0.0554. The second kappa shape index (κ2) is 9.12. The number of rotatable bonds is 6. The largest absolute Gasteiger partial charge is 0.445 e. The number of benzene rings is 1. The van der Waals surface area contributed by atoms with Gasteiger partial charge in [0.15, 0.2) is 0 Å². The molecule has 0 aromatic heterocycles. The number of aliphatic hydroxyl groups excluding tert-OH is 1. The van der Waals surface area contributed by atoms with Crippen molar-refractivity contribution in [1.82, 2.24) is 10.2 Å². The Labute approximate surface area is 142 Å². The number of nitrogens with zero attached hydrogens (tertiary/aromatic N) is 1. The first kappa shape index (κ1) is 19.8. The van der Waals surface area contributed by atoms with E-state index >= 15 is 0 Å². The molecular weight excluding hydrogens is 312 g/mol. The van der Waals surface area contributed by atoms with Crippen LogP contribution in [0.4, 0.5) is 9.59 Å². The summed E-state index contributed by atoms with van der Waals surface area (Å²) in [5.41, 5.74) is 0.241. The third-order valence-corrected chi connectivity index (χ3v) is 3.13. The van der Waals surface area contributed by atoms with E-state index in [0.717, 1.165) is 5.56 Å². The van der Waals surface area contributed by atoms with Crippen molar-refractivity contribution >= 4 is 12.2 Å². The van der Waals surface area contributed by atoms with Crippen molar-refractivity contribution in [3.05, 3.63) is 35.9 Å². The van der Waals surface area contributed by atoms with Gasteiger partial charge in [-0.2, -0.15) is 0 Å². The first-order valence-electron chi connectivity index (χ1n) is 7.74. The smallest absolute Gasteiger partial charge is 0.410 e. The maximum atomic E-state index is 12.0. The summed E-state index contributed by atoms with van der Waals surface area (Å²) >= 11 is 0. The molecule has 134 valence electrons. The Morgan fingerprint density at radius 3 is 2.42 bits per heavy atom. The Morgan fingerprint density at radius 1 is 1.25 bits per heavy atom. The quantitative estimate of drug-likeness (QED) is 0.830. The van der Waals surface area contributed by atoms with E-state index in [1.807, 2.05) is 30.3 Å². The lowest BCUT2D eigenvalue weighted by atomic mass is 10.2. The molecule has 0 saturated heterocycles. The SMILES string of the molecule is CN(C(=O)OC(C)(C)C)C(CO)CNC(=O)OCc1ccccc1. The maximum Gasteiger partial charge on any atom is 0.410 e. The topological polar surface area (TPSA) is 88.1 Å². The van der Waals surface area contributed by atoms with Crippen LogP contribution >= 0.6 is 0 Å². The lowest BCUT2D eigenvalue weighted by Crippen LogP contribution is -2.48. The van der Waals surface area contributed by atoms with Gasteiger partial charge in [0.1, 0.15) is 12.2 Å². The van der Waals surface area contributed by atoms with Gasteiger partial charge in [0.25, 0.3) is 0 Å². The highest BCUT2D eigenvalue weighted by Gasteiger charge is 2.25. The van der Waals surface area contributed by atoms with Gasteiger partial charge in [0, 0.05) is 13.6 Å². The summed E-state index contributed by atoms with van der Waals surface area (Å²) in [6.07, 6.45) is -1.18. The Kier molecular flexibility index (Phi) is 7.51. The summed E-state index contributed by atoms with van der Waals surface area (Å²) in [5.74, 6) is 0. The van der Waals surface area contributed by atoms with Crippen LogP contribution in [-0.4, -0.2) is 54.0 Å². The van der Waals surface area contributed by atoms with Crippen LogP contribution in [0, 0.1) is 0 Å². The summed E-state index contributed by atoms with van der Waals surface area (Å²) in [6.45, 7) is 5.16. The van der Waals surface area contributed by atoms with Crippen molar-refractivity contribution in [2.24, 2.45) is 0 Å². The van der Waals surface area contributed by atoms with Crippen molar-refractivity contribution in [3.63, 3.8) is 0 Å². The lowest BCUT2D eigenvalue weighted by molar-refractivity contribution is 0.0160. The number of alkyl carbamates (subject to hydrolysis) is 1. The zero-order chi connectivity index (χ0) is 18.2. The predicted molar refractivity (Wildman–Crippen MR) is 89.5 cm³/mol. The molecule has 0 aliphatic heterocycles. The minimum Gasteiger partial charge on any atom is -0.445 e. The fraction of sp³-hybridized carbons (Fsp3) is 0.529. The van der Waals surface area contributed by atoms with Crippen molar-refractivity contribution in [2.75, 3.05) is 20.2 Å². The molecule has 1 aromatic rings. The molecule has 1 unspecified atom stereocenters. The van der Waals surface area contributed by atoms with E-state index in [4.69, 9.17) is 9.47 Å². The number of nitrogens with one attached hydrogen (secondary N) is 1. The van der Waals surface area contributed by atoms with E-state index in [2.05, 4.69) is 5.32 Å². The first-order chi connectivity index (χ1) is 11.2. The molecule has 0 fully saturated rings. The summed E-state index contributed by atoms with van der Waals surface area (Å²) in [5, 5.41) is 12.0. The predicted octanol–water partition coefficient (Wildman–Crippen LogP) is 2.14. The molecule has 0 heterocycles. The van der Waals surface area contributed by atoms with Gasteiger partial charge in [0.2, 0.25) is 0 Å². The molecule has 7 nitrogen and oxygen atoms in total. The molecule has 0 spiro atoms. The Hall–Kier alpha value is -2.28. The number of amides is 2. The molecule has 24 heavy (non-hydrogen) atoms. The summed E-state index contributed by atoms with van der Waals surface area (Å²) in [4.78, 5) is 24.9. The standard InChI is InChI=1S/C17H26N2O5/c1-17(2,3)24-16(22)19(4)14(11-20)10-18-15(21)23-12-13-8-6-5-7-9-13/h5-9,14,20H,10-12H2,1-4H3,(H,18,21). The fourth-order valence-corrected chi connectivity index (χ4v) is 1.78. The number of likely N-dealkylation sites (N-methyl/N-ethyl adjacent to an activating group) is 1. The van der Waals surface area contributed by atoms with Crippen molar-refractivity contribution in [1.29, 1.82) is 0 Å². The molecule has 0 aliphatic rings. The van der Waals surface area contributed by atoms with Crippen molar-refractivity contribution in [2.45, 2.75) is 39.0 Å². The summed E-state index contributed by atoms with van der Waals surface area (Å²) < 4.78 is 10.3. The van der Waals surface area contributed by atoms with Gasteiger partial charge in [-0.05, 0) is 26.3 Å². The lowest BCUT2D eigenvalue weighted by Gasteiger charge is -2.29. The molecular formula is C17H26N2O5. The van der Waals surface area contributed by atoms with Crippen LogP contribution in [0.1, 0.15) is 26.3 Å². The van der Waals surface area contributed by atoms with Crippen LogP contribution in [-0.2, 0) is 16.1 Å². The van der Waals surface area contributed by atoms with E-state index in [0.29, 0.717) is 0 Å². The molecule has 1 rings (SSSR count). The molecule has 2 amide bonds. The second-order valence-corrected chi connectivity index (χ2v) is 6.37. The van der Waals surface area contributed by atoms with E-state index < -0.39 is 23.8 Å². The zero-order valence-electron chi connectivity index (χ0n) is 14.6. The number of hydrogen-bond donors (Lipinski definition) is 2. The van der Waals surface area contributed by atoms with Crippen LogP contribution in [0.25, 0.3) is 0 Å². The number of carbonyl (C=O) groups excluding carboxylic acids is 2. The molecule has 0 saturated carbocycles. The highest BCUT2D eigenvalue weighted by Crippen LogP contribution is 2.10. The average Bonchev–Trinajstić information content (AvgIpc) is 2.52. The van der Waals surface area contributed by atoms with Crippen LogP contribution < -0.4 is 5.32 Å². The molecule has 0 bridgehead atoms. The minimum atomic E-state index is -0.632. The van der Waals surface area contributed by atoms with Crippen LogP contribution in [0.3, 0.4) is 0 Å². The molecule has 0 radical (unpaired) electrons. The monoisotopic (exact) mass is 338 g/mol. The third-order valence-electron chi connectivity index (χ3n) is 3.13. The number of aliphatic hydroxyl groups is 1. The Bertz CT molecular complexity index is 528. The van der Waals surface area contributed by atoms with E-state index in [1.54, 1.807) is 20.8 Å². The van der Waals surface area contributed by atoms with Crippen LogP contribution in [0.2, 0.25) is 0 Å². The van der Waals surface area contributed by atoms with Gasteiger partial charge in [-0.25, -0.2) is 9.59 Å². The van der Waals surface area contributed by atoms with Gasteiger partial charge in [-0.15, -0.1) is 0 Å². The molecule has 1 atom stereocenters. The normalized spacial score (nSPS) is 12.2. The van der Waals surface area contributed by atoms with E-state index in [9.17, 15) is 14.7 Å². The third kappa shape index (κ3) is 7.32. The maximum absolute atomic E-state index is 12.0. The number of hydrogen-bond acceptors (Lipinski definition) is 5.